The van der Waals surface area contributed by atoms with Gasteiger partial charge in [0.15, 0.2) is 0 Å². The molecule has 1 aliphatic heterocycles. The Bertz CT molecular complexity index is 621. The van der Waals surface area contributed by atoms with E-state index in [9.17, 15) is 4.79 Å². The summed E-state index contributed by atoms with van der Waals surface area (Å²) in [4.78, 5) is 15.3. The number of rotatable bonds is 4. The standard InChI is InChI=1S/C15H19N3O2S/c1-3-20-10-12-9-18(15(19)13-5-4-6-21-13)8-11-7-16-17(2)14(11)12/h4-7,12H,3,8-10H2,1-2H3/t12-/m1/s1. The molecular weight excluding hydrogens is 286 g/mol. The highest BCUT2D eigenvalue weighted by Crippen LogP contribution is 2.29. The summed E-state index contributed by atoms with van der Waals surface area (Å²) in [5.74, 6) is 0.283. The maximum Gasteiger partial charge on any atom is 0.264 e. The van der Waals surface area contributed by atoms with Gasteiger partial charge in [0.05, 0.1) is 23.4 Å². The minimum atomic E-state index is 0.0981. The van der Waals surface area contributed by atoms with Crippen LogP contribution >= 0.6 is 11.3 Å². The minimum Gasteiger partial charge on any atom is -0.381 e. The largest absolute Gasteiger partial charge is 0.381 e. The average Bonchev–Trinajstić information content (AvgIpc) is 3.14. The topological polar surface area (TPSA) is 47.4 Å². The van der Waals surface area contributed by atoms with E-state index in [4.69, 9.17) is 4.74 Å². The van der Waals surface area contributed by atoms with Crippen molar-refractivity contribution in [2.45, 2.75) is 19.4 Å². The van der Waals surface area contributed by atoms with Gasteiger partial charge in [-0.05, 0) is 18.4 Å². The number of aromatic nitrogens is 2. The molecule has 0 fully saturated rings. The molecule has 0 bridgehead atoms. The highest BCUT2D eigenvalue weighted by Gasteiger charge is 2.31. The van der Waals surface area contributed by atoms with Crippen LogP contribution in [0.4, 0.5) is 0 Å². The molecule has 0 saturated carbocycles. The molecular formula is C15H19N3O2S. The molecule has 21 heavy (non-hydrogen) atoms. The summed E-state index contributed by atoms with van der Waals surface area (Å²) in [5, 5.41) is 6.27. The summed E-state index contributed by atoms with van der Waals surface area (Å²) < 4.78 is 7.51. The quantitative estimate of drug-likeness (QED) is 0.870. The van der Waals surface area contributed by atoms with Crippen molar-refractivity contribution in [2.75, 3.05) is 19.8 Å². The average molecular weight is 305 g/mol. The van der Waals surface area contributed by atoms with E-state index in [1.807, 2.05) is 47.3 Å². The van der Waals surface area contributed by atoms with Crippen LogP contribution in [0, 0.1) is 0 Å². The van der Waals surface area contributed by atoms with Crippen LogP contribution in [0.2, 0.25) is 0 Å². The van der Waals surface area contributed by atoms with Gasteiger partial charge in [0.1, 0.15) is 0 Å². The Hall–Kier alpha value is -1.66. The predicted octanol–water partition coefficient (Wildman–Crippen LogP) is 2.26. The zero-order chi connectivity index (χ0) is 14.8. The van der Waals surface area contributed by atoms with E-state index in [1.165, 1.54) is 17.0 Å². The summed E-state index contributed by atoms with van der Waals surface area (Å²) in [7, 11) is 1.95. The van der Waals surface area contributed by atoms with Gasteiger partial charge in [0, 0.05) is 38.2 Å². The molecule has 0 unspecified atom stereocenters. The second-order valence-corrected chi connectivity index (χ2v) is 6.15. The molecule has 0 saturated heterocycles. The number of hydrogen-bond acceptors (Lipinski definition) is 4. The molecule has 3 heterocycles. The first-order valence-corrected chi connectivity index (χ1v) is 8.00. The smallest absolute Gasteiger partial charge is 0.264 e. The highest BCUT2D eigenvalue weighted by atomic mass is 32.1. The fourth-order valence-electron chi connectivity index (χ4n) is 2.87. The first-order valence-electron chi connectivity index (χ1n) is 7.12. The van der Waals surface area contributed by atoms with Crippen LogP contribution < -0.4 is 0 Å². The monoisotopic (exact) mass is 305 g/mol. The van der Waals surface area contributed by atoms with Gasteiger partial charge in [-0.15, -0.1) is 11.3 Å². The van der Waals surface area contributed by atoms with Gasteiger partial charge in [-0.1, -0.05) is 6.07 Å². The van der Waals surface area contributed by atoms with E-state index in [1.54, 1.807) is 0 Å². The molecule has 0 radical (unpaired) electrons. The van der Waals surface area contributed by atoms with Crippen molar-refractivity contribution in [1.82, 2.24) is 14.7 Å². The van der Waals surface area contributed by atoms with Crippen molar-refractivity contribution in [1.29, 1.82) is 0 Å². The fourth-order valence-corrected chi connectivity index (χ4v) is 3.56. The second kappa shape index (κ2) is 5.99. The number of hydrogen-bond donors (Lipinski definition) is 0. The maximum absolute atomic E-state index is 12.6. The fraction of sp³-hybridized carbons (Fsp3) is 0.467. The molecule has 1 aliphatic rings. The summed E-state index contributed by atoms with van der Waals surface area (Å²) in [6, 6.07) is 3.79. The summed E-state index contributed by atoms with van der Waals surface area (Å²) in [6.45, 7) is 4.60. The SMILES string of the molecule is CCOC[C@H]1CN(C(=O)c2cccs2)Cc2cnn(C)c21. The van der Waals surface area contributed by atoms with Gasteiger partial charge in [0.2, 0.25) is 0 Å². The molecule has 0 N–H and O–H groups in total. The molecule has 5 nitrogen and oxygen atoms in total. The number of thiophene rings is 1. The Kier molecular flexibility index (Phi) is 4.07. The molecule has 0 aliphatic carbocycles. The third-order valence-electron chi connectivity index (χ3n) is 3.80. The van der Waals surface area contributed by atoms with Crippen molar-refractivity contribution < 1.29 is 9.53 Å². The number of fused-ring (bicyclic) bond motifs is 1. The second-order valence-electron chi connectivity index (χ2n) is 5.20. The van der Waals surface area contributed by atoms with Crippen molar-refractivity contribution in [2.24, 2.45) is 7.05 Å². The molecule has 1 atom stereocenters. The number of amides is 1. The maximum atomic E-state index is 12.6. The third-order valence-corrected chi connectivity index (χ3v) is 4.65. The van der Waals surface area contributed by atoms with Crippen LogP contribution in [0.25, 0.3) is 0 Å². The van der Waals surface area contributed by atoms with E-state index in [-0.39, 0.29) is 11.8 Å². The summed E-state index contributed by atoms with van der Waals surface area (Å²) >= 11 is 1.49. The van der Waals surface area contributed by atoms with Gasteiger partial charge in [-0.2, -0.15) is 5.10 Å². The van der Waals surface area contributed by atoms with Crippen LogP contribution in [0.5, 0.6) is 0 Å². The van der Waals surface area contributed by atoms with Crippen LogP contribution in [-0.2, 0) is 18.3 Å². The Morgan fingerprint density at radius 3 is 3.14 bits per heavy atom. The van der Waals surface area contributed by atoms with E-state index < -0.39 is 0 Å². The van der Waals surface area contributed by atoms with Crippen LogP contribution in [0.1, 0.15) is 33.8 Å². The van der Waals surface area contributed by atoms with Crippen molar-refractivity contribution >= 4 is 17.2 Å². The van der Waals surface area contributed by atoms with Gasteiger partial charge < -0.3 is 9.64 Å². The minimum absolute atomic E-state index is 0.0981. The lowest BCUT2D eigenvalue weighted by Gasteiger charge is -2.32. The van der Waals surface area contributed by atoms with Gasteiger partial charge in [0.25, 0.3) is 5.91 Å². The van der Waals surface area contributed by atoms with Crippen LogP contribution in [0.3, 0.4) is 0 Å². The number of aryl methyl sites for hydroxylation is 1. The Balaban J connectivity index is 1.85. The lowest BCUT2D eigenvalue weighted by atomic mass is 9.97. The summed E-state index contributed by atoms with van der Waals surface area (Å²) in [5.41, 5.74) is 2.32. The van der Waals surface area contributed by atoms with Crippen molar-refractivity contribution in [3.8, 4) is 0 Å². The summed E-state index contributed by atoms with van der Waals surface area (Å²) in [6.07, 6.45) is 1.86. The van der Waals surface area contributed by atoms with Gasteiger partial charge >= 0.3 is 0 Å². The van der Waals surface area contributed by atoms with E-state index in [2.05, 4.69) is 5.10 Å². The molecule has 2 aromatic rings. The zero-order valence-corrected chi connectivity index (χ0v) is 13.1. The normalized spacial score (nSPS) is 17.8. The molecule has 6 heteroatoms. The van der Waals surface area contributed by atoms with Crippen molar-refractivity contribution in [3.63, 3.8) is 0 Å². The van der Waals surface area contributed by atoms with Gasteiger partial charge in [-0.25, -0.2) is 0 Å². The van der Waals surface area contributed by atoms with E-state index >= 15 is 0 Å². The Labute approximate surface area is 128 Å². The number of nitrogens with zero attached hydrogens (tertiary/aromatic N) is 3. The lowest BCUT2D eigenvalue weighted by molar-refractivity contribution is 0.0652. The number of ether oxygens (including phenoxy) is 1. The third kappa shape index (κ3) is 2.73. The van der Waals surface area contributed by atoms with Crippen LogP contribution in [-0.4, -0.2) is 40.3 Å². The lowest BCUT2D eigenvalue weighted by Crippen LogP contribution is -2.39. The molecule has 2 aromatic heterocycles. The molecule has 112 valence electrons. The van der Waals surface area contributed by atoms with E-state index in [0.29, 0.717) is 26.3 Å². The number of carbonyl (C=O) groups excluding carboxylic acids is 1. The molecule has 0 spiro atoms. The first kappa shape index (κ1) is 14.3. The van der Waals surface area contributed by atoms with Crippen LogP contribution in [0.15, 0.2) is 23.7 Å². The Morgan fingerprint density at radius 1 is 1.57 bits per heavy atom. The Morgan fingerprint density at radius 2 is 2.43 bits per heavy atom. The molecule has 0 aromatic carbocycles. The zero-order valence-electron chi connectivity index (χ0n) is 12.3. The van der Waals surface area contributed by atoms with E-state index in [0.717, 1.165) is 10.4 Å². The first-order chi connectivity index (χ1) is 10.2. The highest BCUT2D eigenvalue weighted by molar-refractivity contribution is 7.12. The van der Waals surface area contributed by atoms with Gasteiger partial charge in [-0.3, -0.25) is 9.48 Å². The molecule has 3 rings (SSSR count). The van der Waals surface area contributed by atoms with Crippen molar-refractivity contribution in [3.05, 3.63) is 39.8 Å². The molecule has 1 amide bonds. The number of carbonyl (C=O) groups is 1. The predicted molar refractivity (Wildman–Crippen MR) is 81.5 cm³/mol.